The maximum atomic E-state index is 14.4. The molecule has 4 amide bonds. The van der Waals surface area contributed by atoms with Gasteiger partial charge in [-0.1, -0.05) is 41.8 Å². The number of amides is 4. The number of allylic oxidation sites excluding steroid dienone is 2. The average molecular weight is 637 g/mol. The number of hydrogen-bond acceptors (Lipinski definition) is 6. The molecule has 2 N–H and O–H groups in total. The monoisotopic (exact) mass is 636 g/mol. The minimum Gasteiger partial charge on any atom is -0.508 e. The number of unbranched alkanes of at least 4 members (excludes halogenated alkanes) is 2. The van der Waals surface area contributed by atoms with Gasteiger partial charge in [-0.3, -0.25) is 28.9 Å². The number of phenolic OH excluding ortho intramolecular Hbond substituents is 1. The maximum absolute atomic E-state index is 14.4. The first-order chi connectivity index (χ1) is 21.4. The van der Waals surface area contributed by atoms with E-state index in [4.69, 9.17) is 16.7 Å². The molecule has 2 aliphatic carbocycles. The summed E-state index contributed by atoms with van der Waals surface area (Å²) in [5.74, 6) is -6.24. The largest absolute Gasteiger partial charge is 0.508 e. The summed E-state index contributed by atoms with van der Waals surface area (Å²) in [5.41, 5.74) is 1.00. The molecule has 2 heterocycles. The van der Waals surface area contributed by atoms with Crippen molar-refractivity contribution in [2.75, 3.05) is 11.4 Å². The Bertz CT molecular complexity index is 1670. The molecule has 4 aliphatic rings. The lowest BCUT2D eigenvalue weighted by atomic mass is 9.51. The highest BCUT2D eigenvalue weighted by molar-refractivity contribution is 6.31. The lowest BCUT2D eigenvalue weighted by Crippen LogP contribution is -2.48. The summed E-state index contributed by atoms with van der Waals surface area (Å²) in [5, 5.41) is 19.0. The van der Waals surface area contributed by atoms with Gasteiger partial charge in [0.25, 0.3) is 0 Å². The Morgan fingerprint density at radius 1 is 1.02 bits per heavy atom. The van der Waals surface area contributed by atoms with Crippen molar-refractivity contribution >= 4 is 46.9 Å². The number of halogens is 2. The van der Waals surface area contributed by atoms with Crippen LogP contribution in [0.4, 0.5) is 10.1 Å². The van der Waals surface area contributed by atoms with Gasteiger partial charge in [-0.25, -0.2) is 9.29 Å². The average Bonchev–Trinajstić information content (AvgIpc) is 3.35. The van der Waals surface area contributed by atoms with Crippen LogP contribution < -0.4 is 4.90 Å². The van der Waals surface area contributed by atoms with Crippen molar-refractivity contribution in [3.63, 3.8) is 0 Å². The fraction of sp³-hybridized carbons (Fsp3) is 0.441. The van der Waals surface area contributed by atoms with E-state index in [2.05, 4.69) is 0 Å². The second-order valence-electron chi connectivity index (χ2n) is 12.8. The second kappa shape index (κ2) is 11.4. The minimum absolute atomic E-state index is 0.0225. The zero-order valence-electron chi connectivity index (χ0n) is 25.0. The van der Waals surface area contributed by atoms with Crippen LogP contribution in [0.2, 0.25) is 5.02 Å². The normalized spacial score (nSPS) is 29.1. The lowest BCUT2D eigenvalue weighted by Gasteiger charge is -2.49. The van der Waals surface area contributed by atoms with Crippen LogP contribution in [0.3, 0.4) is 0 Å². The summed E-state index contributed by atoms with van der Waals surface area (Å²) < 4.78 is 14.0. The first-order valence-corrected chi connectivity index (χ1v) is 15.6. The van der Waals surface area contributed by atoms with E-state index < -0.39 is 58.6 Å². The van der Waals surface area contributed by atoms with Gasteiger partial charge in [-0.05, 0) is 80.8 Å². The molecule has 2 aromatic carbocycles. The molecule has 45 heavy (non-hydrogen) atoms. The molecule has 2 aromatic rings. The molecule has 3 fully saturated rings. The van der Waals surface area contributed by atoms with E-state index in [0.717, 1.165) is 16.5 Å². The number of benzene rings is 2. The molecular formula is C34H34ClFN2O7. The number of aliphatic carboxylic acids is 1. The molecule has 236 valence electrons. The number of aromatic hydroxyl groups is 1. The number of likely N-dealkylation sites (tertiary alicyclic amines) is 1. The van der Waals surface area contributed by atoms with E-state index in [-0.39, 0.29) is 47.7 Å². The molecule has 9 nitrogen and oxygen atoms in total. The Kier molecular flexibility index (Phi) is 7.83. The number of imide groups is 2. The van der Waals surface area contributed by atoms with Gasteiger partial charge in [0.05, 0.1) is 33.9 Å². The van der Waals surface area contributed by atoms with Crippen molar-refractivity contribution in [2.24, 2.45) is 29.1 Å². The highest BCUT2D eigenvalue weighted by Crippen LogP contribution is 2.63. The van der Waals surface area contributed by atoms with Crippen LogP contribution in [-0.4, -0.2) is 51.3 Å². The molecule has 0 spiro atoms. The molecule has 0 unspecified atom stereocenters. The molecule has 2 aliphatic heterocycles. The van der Waals surface area contributed by atoms with E-state index in [1.54, 1.807) is 32.0 Å². The number of carbonyl (C=O) groups is 5. The van der Waals surface area contributed by atoms with Crippen LogP contribution in [0.15, 0.2) is 48.0 Å². The van der Waals surface area contributed by atoms with Gasteiger partial charge in [0.2, 0.25) is 23.6 Å². The van der Waals surface area contributed by atoms with Gasteiger partial charge >= 0.3 is 5.97 Å². The van der Waals surface area contributed by atoms with Gasteiger partial charge < -0.3 is 10.2 Å². The third kappa shape index (κ3) is 4.85. The molecule has 2 saturated heterocycles. The maximum Gasteiger partial charge on any atom is 0.303 e. The molecule has 0 aromatic heterocycles. The summed E-state index contributed by atoms with van der Waals surface area (Å²) in [6.45, 7) is 3.70. The molecule has 6 rings (SSSR count). The quantitative estimate of drug-likeness (QED) is 0.226. The van der Waals surface area contributed by atoms with Crippen molar-refractivity contribution in [2.45, 2.75) is 58.3 Å². The van der Waals surface area contributed by atoms with Crippen molar-refractivity contribution in [3.8, 4) is 5.75 Å². The molecule has 0 bridgehead atoms. The predicted molar refractivity (Wildman–Crippen MR) is 162 cm³/mol. The number of carboxylic acids is 1. The van der Waals surface area contributed by atoms with Gasteiger partial charge in [-0.15, -0.1) is 0 Å². The van der Waals surface area contributed by atoms with Gasteiger partial charge in [-0.2, -0.15) is 0 Å². The van der Waals surface area contributed by atoms with Crippen LogP contribution in [0, 0.1) is 41.8 Å². The summed E-state index contributed by atoms with van der Waals surface area (Å²) >= 11 is 6.05. The van der Waals surface area contributed by atoms with E-state index in [9.17, 15) is 33.5 Å². The first kappa shape index (κ1) is 31.0. The lowest BCUT2D eigenvalue weighted by molar-refractivity contribution is -0.141. The van der Waals surface area contributed by atoms with Crippen molar-refractivity contribution in [3.05, 3.63) is 70.0 Å². The van der Waals surface area contributed by atoms with E-state index in [1.807, 2.05) is 6.08 Å². The SMILES string of the molecule is Cc1cc([C@H]2C3=CC[C@@H]4C(=O)N(CCCCCC(=O)O)C(=O)[C@@H]4[C@@H]3C[C@H]3C(=O)N(c4ccc(F)c(Cl)c4)C(=O)[C@@]23C)ccc1O. The van der Waals surface area contributed by atoms with Gasteiger partial charge in [0.1, 0.15) is 11.6 Å². The van der Waals surface area contributed by atoms with Gasteiger partial charge in [0, 0.05) is 18.9 Å². The standard InChI is InChI=1S/C34H34ClFN2O7/c1-17-14-18(7-12-26(17)39)29-20-9-10-21-28(32(44)37(30(21)42)13-5-3-4-6-27(40)41)22(20)16-23-31(43)38(33(45)34(23,29)2)19-8-11-25(36)24(35)15-19/h7-9,11-12,14-15,21-23,28-29,39H,3-6,10,13,16H2,1-2H3,(H,40,41)/t21-,22+,23-,28-,29-,34+/m0/s1. The van der Waals surface area contributed by atoms with Crippen molar-refractivity contribution < 1.29 is 38.6 Å². The van der Waals surface area contributed by atoms with Crippen LogP contribution in [0.25, 0.3) is 0 Å². The number of phenols is 1. The number of nitrogens with zero attached hydrogens (tertiary/aromatic N) is 2. The fourth-order valence-corrected chi connectivity index (χ4v) is 8.31. The number of carbonyl (C=O) groups excluding carboxylic acids is 4. The zero-order valence-corrected chi connectivity index (χ0v) is 25.7. The predicted octanol–water partition coefficient (Wildman–Crippen LogP) is 5.37. The Morgan fingerprint density at radius 2 is 1.78 bits per heavy atom. The van der Waals surface area contributed by atoms with Crippen molar-refractivity contribution in [1.82, 2.24) is 4.90 Å². The summed E-state index contributed by atoms with van der Waals surface area (Å²) in [4.78, 5) is 69.3. The molecule has 1 saturated carbocycles. The third-order valence-corrected chi connectivity index (χ3v) is 10.6. The van der Waals surface area contributed by atoms with Crippen LogP contribution in [-0.2, 0) is 24.0 Å². The van der Waals surface area contributed by atoms with E-state index in [1.165, 1.54) is 17.0 Å². The van der Waals surface area contributed by atoms with Crippen LogP contribution in [0.5, 0.6) is 5.75 Å². The first-order valence-electron chi connectivity index (χ1n) is 15.3. The van der Waals surface area contributed by atoms with Crippen LogP contribution >= 0.6 is 11.6 Å². The highest BCUT2D eigenvalue weighted by atomic mass is 35.5. The number of fused-ring (bicyclic) bond motifs is 4. The minimum atomic E-state index is -1.27. The smallest absolute Gasteiger partial charge is 0.303 e. The van der Waals surface area contributed by atoms with Crippen LogP contribution in [0.1, 0.15) is 62.5 Å². The second-order valence-corrected chi connectivity index (χ2v) is 13.2. The molecule has 11 heteroatoms. The number of carboxylic acid groups (broad SMARTS) is 1. The van der Waals surface area contributed by atoms with Crippen molar-refractivity contribution in [1.29, 1.82) is 0 Å². The molecule has 6 atom stereocenters. The Labute approximate surface area is 264 Å². The molecule has 0 radical (unpaired) electrons. The Balaban J connectivity index is 1.39. The number of aryl methyl sites for hydroxylation is 1. The summed E-state index contributed by atoms with van der Waals surface area (Å²) in [6.07, 6.45) is 3.97. The third-order valence-electron chi connectivity index (χ3n) is 10.4. The number of hydrogen-bond donors (Lipinski definition) is 2. The molecular weight excluding hydrogens is 603 g/mol. The van der Waals surface area contributed by atoms with E-state index in [0.29, 0.717) is 36.8 Å². The topological polar surface area (TPSA) is 132 Å². The summed E-state index contributed by atoms with van der Waals surface area (Å²) in [7, 11) is 0. The van der Waals surface area contributed by atoms with E-state index >= 15 is 0 Å². The van der Waals surface area contributed by atoms with Gasteiger partial charge in [0.15, 0.2) is 0 Å². The number of rotatable bonds is 8. The fourth-order valence-electron chi connectivity index (χ4n) is 8.13. The summed E-state index contributed by atoms with van der Waals surface area (Å²) in [6, 6.07) is 8.77. The highest BCUT2D eigenvalue weighted by Gasteiger charge is 2.67. The Morgan fingerprint density at radius 3 is 2.47 bits per heavy atom. The number of anilines is 1. The Hall–Kier alpha value is -4.05. The zero-order chi connectivity index (χ0) is 32.4.